The zero-order chi connectivity index (χ0) is 23.4. The second-order valence-corrected chi connectivity index (χ2v) is 8.96. The third-order valence-corrected chi connectivity index (χ3v) is 6.57. The molecule has 174 valence electrons. The van der Waals surface area contributed by atoms with Crippen molar-refractivity contribution in [1.82, 2.24) is 29.5 Å². The Morgan fingerprint density at radius 3 is 2.74 bits per heavy atom. The van der Waals surface area contributed by atoms with E-state index in [1.807, 2.05) is 17.1 Å². The van der Waals surface area contributed by atoms with Crippen molar-refractivity contribution >= 4 is 10.9 Å². The molecule has 2 aliphatic rings. The molecule has 2 fully saturated rings. The second-order valence-electron chi connectivity index (χ2n) is 8.96. The minimum absolute atomic E-state index is 0.0967. The van der Waals surface area contributed by atoms with E-state index in [0.717, 1.165) is 24.5 Å². The Morgan fingerprint density at radius 1 is 1.09 bits per heavy atom. The third-order valence-electron chi connectivity index (χ3n) is 6.57. The summed E-state index contributed by atoms with van der Waals surface area (Å²) < 4.78 is 37.5. The van der Waals surface area contributed by atoms with Crippen molar-refractivity contribution in [3.63, 3.8) is 0 Å². The lowest BCUT2D eigenvalue weighted by molar-refractivity contribution is 0.00397. The fraction of sp³-hybridized carbons (Fsp3) is 0.375. The molecule has 1 aliphatic heterocycles. The van der Waals surface area contributed by atoms with Crippen LogP contribution in [-0.4, -0.2) is 36.1 Å². The average molecular weight is 464 g/mol. The summed E-state index contributed by atoms with van der Waals surface area (Å²) in [6, 6.07) is 3.78. The topological polar surface area (TPSA) is 87.7 Å². The van der Waals surface area contributed by atoms with Gasteiger partial charge >= 0.3 is 0 Å². The number of hydrogen-bond acceptors (Lipinski definition) is 6. The first-order chi connectivity index (χ1) is 16.5. The van der Waals surface area contributed by atoms with E-state index in [1.54, 1.807) is 0 Å². The Hall–Kier alpha value is -3.53. The molecule has 2 atom stereocenters. The molecule has 0 amide bonds. The Balaban J connectivity index is 1.43. The molecule has 0 N–H and O–H groups in total. The van der Waals surface area contributed by atoms with Gasteiger partial charge in [0.2, 0.25) is 0 Å². The zero-order valence-corrected chi connectivity index (χ0v) is 18.5. The van der Waals surface area contributed by atoms with E-state index in [0.29, 0.717) is 36.7 Å². The van der Waals surface area contributed by atoms with E-state index in [9.17, 15) is 13.6 Å². The number of fused-ring (bicyclic) bond motifs is 1. The number of halogens is 2. The van der Waals surface area contributed by atoms with Crippen LogP contribution in [0.15, 0.2) is 41.6 Å². The molecule has 0 radical (unpaired) electrons. The summed E-state index contributed by atoms with van der Waals surface area (Å²) in [4.78, 5) is 22.2. The quantitative estimate of drug-likeness (QED) is 0.456. The molecule has 8 nitrogen and oxygen atoms in total. The minimum Gasteiger partial charge on any atom is -0.373 e. The van der Waals surface area contributed by atoms with Gasteiger partial charge in [0.15, 0.2) is 0 Å². The lowest BCUT2D eigenvalue weighted by Gasteiger charge is -2.28. The number of rotatable bonds is 4. The van der Waals surface area contributed by atoms with Gasteiger partial charge in [-0.1, -0.05) is 0 Å². The number of nitrogens with zero attached hydrogens (tertiary/aromatic N) is 6. The number of hydrogen-bond donors (Lipinski definition) is 0. The molecule has 34 heavy (non-hydrogen) atoms. The Labute approximate surface area is 193 Å². The third kappa shape index (κ3) is 3.67. The van der Waals surface area contributed by atoms with Crippen LogP contribution >= 0.6 is 0 Å². The summed E-state index contributed by atoms with van der Waals surface area (Å²) >= 11 is 0. The summed E-state index contributed by atoms with van der Waals surface area (Å²) in [6.07, 6.45) is 8.71. The maximum Gasteiger partial charge on any atom is 0.293 e. The van der Waals surface area contributed by atoms with Gasteiger partial charge in [-0.05, 0) is 37.8 Å². The van der Waals surface area contributed by atoms with E-state index in [4.69, 9.17) is 4.74 Å². The van der Waals surface area contributed by atoms with Gasteiger partial charge in [-0.2, -0.15) is 10.2 Å². The van der Waals surface area contributed by atoms with Crippen LogP contribution in [0.1, 0.15) is 55.1 Å². The highest BCUT2D eigenvalue weighted by molar-refractivity contribution is 5.91. The summed E-state index contributed by atoms with van der Waals surface area (Å²) in [5.41, 5.74) is 1.08. The largest absolute Gasteiger partial charge is 0.373 e. The van der Waals surface area contributed by atoms with Crippen molar-refractivity contribution < 1.29 is 13.5 Å². The Bertz CT molecular complexity index is 1460. The van der Waals surface area contributed by atoms with E-state index in [1.165, 1.54) is 30.1 Å². The van der Waals surface area contributed by atoms with Crippen LogP contribution in [0, 0.1) is 11.6 Å². The molecule has 1 aliphatic carbocycles. The number of ether oxygens (including phenoxy) is 1. The molecule has 4 heterocycles. The monoisotopic (exact) mass is 464 g/mol. The summed E-state index contributed by atoms with van der Waals surface area (Å²) in [5, 5.41) is 8.85. The molecule has 10 heteroatoms. The fourth-order valence-electron chi connectivity index (χ4n) is 4.51. The smallest absolute Gasteiger partial charge is 0.293 e. The molecule has 6 rings (SSSR count). The normalized spacial score (nSPS) is 20.7. The second kappa shape index (κ2) is 8.05. The van der Waals surface area contributed by atoms with Crippen molar-refractivity contribution in [2.75, 3.05) is 6.61 Å². The van der Waals surface area contributed by atoms with Gasteiger partial charge in [0.1, 0.15) is 23.0 Å². The highest BCUT2D eigenvalue weighted by atomic mass is 19.1. The number of aryl methyl sites for hydroxylation is 1. The summed E-state index contributed by atoms with van der Waals surface area (Å²) in [7, 11) is 1.53. The van der Waals surface area contributed by atoms with Crippen molar-refractivity contribution in [3.8, 4) is 11.3 Å². The van der Waals surface area contributed by atoms with Crippen molar-refractivity contribution in [1.29, 1.82) is 0 Å². The van der Waals surface area contributed by atoms with Crippen LogP contribution in [0.2, 0.25) is 0 Å². The first-order valence-electron chi connectivity index (χ1n) is 11.3. The van der Waals surface area contributed by atoms with Crippen molar-refractivity contribution in [2.45, 2.75) is 43.7 Å². The van der Waals surface area contributed by atoms with Crippen LogP contribution in [0.3, 0.4) is 0 Å². The number of benzene rings is 1. The Kier molecular flexibility index (Phi) is 4.98. The standard InChI is InChI=1S/C24H22F2N6O2/c1-31-24(33)22-18(11-27-31)21(17-5-2-15(25)9-19(17)26)29-23(30-22)13-6-7-34-20(8-13)14-10-28-32(12-14)16-3-4-16/h2,5,9-13,16,20H,3-4,6-8H2,1H3/t13-,20+/m0/s1. The van der Waals surface area contributed by atoms with Crippen molar-refractivity contribution in [3.05, 3.63) is 70.2 Å². The van der Waals surface area contributed by atoms with Crippen LogP contribution in [0.25, 0.3) is 22.2 Å². The highest BCUT2D eigenvalue weighted by Crippen LogP contribution is 2.39. The maximum absolute atomic E-state index is 14.7. The predicted octanol–water partition coefficient (Wildman–Crippen LogP) is 3.84. The lowest BCUT2D eigenvalue weighted by atomic mass is 9.92. The van der Waals surface area contributed by atoms with Gasteiger partial charge in [-0.25, -0.2) is 23.4 Å². The van der Waals surface area contributed by atoms with E-state index in [-0.39, 0.29) is 28.8 Å². The van der Waals surface area contributed by atoms with E-state index < -0.39 is 17.2 Å². The summed E-state index contributed by atoms with van der Waals surface area (Å²) in [5.74, 6) is -1.11. The average Bonchev–Trinajstić information content (AvgIpc) is 3.57. The van der Waals surface area contributed by atoms with Gasteiger partial charge in [-0.15, -0.1) is 0 Å². The molecule has 0 bridgehead atoms. The van der Waals surface area contributed by atoms with Crippen molar-refractivity contribution in [2.24, 2.45) is 7.05 Å². The van der Waals surface area contributed by atoms with Gasteiger partial charge < -0.3 is 4.74 Å². The molecular formula is C24H22F2N6O2. The van der Waals surface area contributed by atoms with Gasteiger partial charge in [0.05, 0.1) is 35.6 Å². The first kappa shape index (κ1) is 21.0. The van der Waals surface area contributed by atoms with E-state index >= 15 is 0 Å². The molecule has 0 unspecified atom stereocenters. The van der Waals surface area contributed by atoms with Crippen LogP contribution < -0.4 is 5.56 Å². The molecular weight excluding hydrogens is 442 g/mol. The number of aromatic nitrogens is 6. The molecule has 1 saturated heterocycles. The van der Waals surface area contributed by atoms with Gasteiger partial charge in [0.25, 0.3) is 5.56 Å². The molecule has 1 aromatic carbocycles. The van der Waals surface area contributed by atoms with Gasteiger partial charge in [-0.3, -0.25) is 9.48 Å². The zero-order valence-electron chi connectivity index (χ0n) is 18.5. The van der Waals surface area contributed by atoms with Crippen LogP contribution in [0.4, 0.5) is 8.78 Å². The maximum atomic E-state index is 14.7. The highest BCUT2D eigenvalue weighted by Gasteiger charge is 2.31. The van der Waals surface area contributed by atoms with Crippen LogP contribution in [-0.2, 0) is 11.8 Å². The van der Waals surface area contributed by atoms with Crippen LogP contribution in [0.5, 0.6) is 0 Å². The first-order valence-corrected chi connectivity index (χ1v) is 11.3. The molecule has 4 aromatic rings. The fourth-order valence-corrected chi connectivity index (χ4v) is 4.51. The predicted molar refractivity (Wildman–Crippen MR) is 119 cm³/mol. The molecule has 3 aromatic heterocycles. The Morgan fingerprint density at radius 2 is 1.94 bits per heavy atom. The molecule has 1 saturated carbocycles. The van der Waals surface area contributed by atoms with Gasteiger partial charge in [0, 0.05) is 43.0 Å². The summed E-state index contributed by atoms with van der Waals surface area (Å²) in [6.45, 7) is 0.500. The minimum atomic E-state index is -0.760. The van der Waals surface area contributed by atoms with E-state index in [2.05, 4.69) is 20.2 Å². The lowest BCUT2D eigenvalue weighted by Crippen LogP contribution is -2.24. The molecule has 0 spiro atoms. The SMILES string of the molecule is Cn1ncc2c(-c3ccc(F)cc3F)nc([C@H]3CCO[C@@H](c4cnn(C5CC5)c4)C3)nc2c1=O.